The number of hydrogen-bond acceptors (Lipinski definition) is 7. The molecule has 12 heteroatoms. The highest BCUT2D eigenvalue weighted by Gasteiger charge is 2.28. The van der Waals surface area contributed by atoms with Crippen molar-refractivity contribution < 1.29 is 38.9 Å². The third-order valence-corrected chi connectivity index (χ3v) is 5.03. The summed E-state index contributed by atoms with van der Waals surface area (Å²) in [5, 5.41) is 20.4. The van der Waals surface area contributed by atoms with Crippen LogP contribution in [-0.4, -0.2) is 52.6 Å². The number of carboxylic acid groups (broad SMARTS) is 2. The van der Waals surface area contributed by atoms with E-state index >= 15 is 0 Å². The molecule has 1 amide bonds. The van der Waals surface area contributed by atoms with Gasteiger partial charge in [0, 0.05) is 0 Å². The Labute approximate surface area is 199 Å². The fraction of sp³-hybridized carbons (Fsp3) is 0.261. The lowest BCUT2D eigenvalue weighted by molar-refractivity contribution is -0.145. The summed E-state index contributed by atoms with van der Waals surface area (Å²) >= 11 is 0. The number of guanidine groups is 1. The van der Waals surface area contributed by atoms with E-state index in [1.807, 2.05) is 0 Å². The van der Waals surface area contributed by atoms with E-state index in [0.29, 0.717) is 29.7 Å². The van der Waals surface area contributed by atoms with Gasteiger partial charge in [0.15, 0.2) is 17.5 Å². The van der Waals surface area contributed by atoms with E-state index in [0.717, 1.165) is 0 Å². The smallest absolute Gasteiger partial charge is 0.343 e. The van der Waals surface area contributed by atoms with E-state index in [2.05, 4.69) is 10.3 Å². The molecule has 1 aliphatic rings. The van der Waals surface area contributed by atoms with Crippen molar-refractivity contribution in [2.75, 3.05) is 6.61 Å². The number of aliphatic carboxylic acids is 2. The summed E-state index contributed by atoms with van der Waals surface area (Å²) in [5.74, 6) is -4.69. The lowest BCUT2D eigenvalue weighted by atomic mass is 10.0. The molecule has 0 unspecified atom stereocenters. The number of aliphatic imine (C=N–C) groups is 1. The Morgan fingerprint density at radius 2 is 1.91 bits per heavy atom. The van der Waals surface area contributed by atoms with Crippen LogP contribution >= 0.6 is 0 Å². The van der Waals surface area contributed by atoms with Gasteiger partial charge >= 0.3 is 17.9 Å². The van der Waals surface area contributed by atoms with Crippen LogP contribution in [0.4, 0.5) is 5.69 Å². The van der Waals surface area contributed by atoms with Gasteiger partial charge in [0.2, 0.25) is 0 Å². The molecule has 0 aliphatic carbocycles. The van der Waals surface area contributed by atoms with Gasteiger partial charge in [-0.1, -0.05) is 0 Å². The number of benzene rings is 2. The Morgan fingerprint density at radius 1 is 1.17 bits per heavy atom. The van der Waals surface area contributed by atoms with Gasteiger partial charge in [-0.25, -0.2) is 14.6 Å². The predicted octanol–water partition coefficient (Wildman–Crippen LogP) is 1.10. The van der Waals surface area contributed by atoms with Crippen LogP contribution in [0.1, 0.15) is 44.7 Å². The topological polar surface area (TPSA) is 204 Å². The maximum absolute atomic E-state index is 13.0. The second-order valence-corrected chi connectivity index (χ2v) is 7.82. The van der Waals surface area contributed by atoms with Gasteiger partial charge in [-0.2, -0.15) is 0 Å². The summed E-state index contributed by atoms with van der Waals surface area (Å²) in [6, 6.07) is 6.04. The third-order valence-electron chi connectivity index (χ3n) is 5.03. The summed E-state index contributed by atoms with van der Waals surface area (Å²) in [7, 11) is 0. The summed E-state index contributed by atoms with van der Waals surface area (Å²) in [6.45, 7) is 1.78. The van der Waals surface area contributed by atoms with Gasteiger partial charge in [-0.05, 0) is 61.2 Å². The summed E-state index contributed by atoms with van der Waals surface area (Å²) < 4.78 is 11.4. The summed E-state index contributed by atoms with van der Waals surface area (Å²) in [5.41, 5.74) is 12.7. The zero-order valence-electron chi connectivity index (χ0n) is 18.7. The Morgan fingerprint density at radius 3 is 2.57 bits per heavy atom. The van der Waals surface area contributed by atoms with Crippen molar-refractivity contribution in [3.05, 3.63) is 52.6 Å². The van der Waals surface area contributed by atoms with Crippen molar-refractivity contribution in [1.29, 1.82) is 0 Å². The lowest BCUT2D eigenvalue weighted by Gasteiger charge is -2.20. The Kier molecular flexibility index (Phi) is 7.54. The number of nitrogens with one attached hydrogen (secondary N) is 1. The maximum Gasteiger partial charge on any atom is 0.343 e. The zero-order chi connectivity index (χ0) is 25.7. The molecule has 2 aromatic carbocycles. The van der Waals surface area contributed by atoms with Gasteiger partial charge in [-0.15, -0.1) is 0 Å². The van der Waals surface area contributed by atoms with Crippen molar-refractivity contribution in [2.45, 2.75) is 32.2 Å². The molecule has 7 N–H and O–H groups in total. The molecule has 1 atom stereocenters. The van der Waals surface area contributed by atoms with Crippen molar-refractivity contribution in [2.24, 2.45) is 16.5 Å². The molecule has 0 bridgehead atoms. The minimum Gasteiger partial charge on any atom is -0.489 e. The van der Waals surface area contributed by atoms with Gasteiger partial charge < -0.3 is 36.5 Å². The molecule has 0 saturated carbocycles. The van der Waals surface area contributed by atoms with E-state index < -0.39 is 36.3 Å². The number of fused-ring (bicyclic) bond motifs is 2. The fourth-order valence-electron chi connectivity index (χ4n) is 3.54. The minimum absolute atomic E-state index is 0.0357. The Balaban J connectivity index is 1.98. The van der Waals surface area contributed by atoms with Crippen LogP contribution in [-0.2, 0) is 16.0 Å². The third kappa shape index (κ3) is 6.25. The molecule has 35 heavy (non-hydrogen) atoms. The molecule has 0 radical (unpaired) electrons. The molecule has 12 nitrogen and oxygen atoms in total. The number of nitrogens with two attached hydrogens (primary N) is 2. The van der Waals surface area contributed by atoms with Crippen LogP contribution in [0.2, 0.25) is 0 Å². The summed E-state index contributed by atoms with van der Waals surface area (Å²) in [4.78, 5) is 52.2. The minimum atomic E-state index is -1.66. The number of carbonyl (C=O) groups excluding carboxylic acids is 2. The Hall–Kier alpha value is -4.61. The highest BCUT2D eigenvalue weighted by atomic mass is 16.6. The standard InChI is InChI=1S/C23H24N4O8/c1-11-7-15(20(30)27-16(21(31)32)10-18(28)29)19-17(8-11)35-22(33)14-5-4-13(26-23(24)25)9-12(14)3-2-6-34-19/h4-5,7-9,16H,2-3,6,10H2,1H3,(H,27,30)(H,28,29)(H,31,32)(H4,24,25,26)/t16-/m0/s1. The molecule has 0 saturated heterocycles. The molecule has 1 aliphatic heterocycles. The Bertz CT molecular complexity index is 1220. The van der Waals surface area contributed by atoms with Gasteiger partial charge in [0.25, 0.3) is 5.91 Å². The molecule has 0 aromatic heterocycles. The second-order valence-electron chi connectivity index (χ2n) is 7.82. The fourth-order valence-corrected chi connectivity index (χ4v) is 3.54. The number of aryl methyl sites for hydroxylation is 2. The normalized spacial score (nSPS) is 13.7. The number of hydrogen-bond donors (Lipinski definition) is 5. The maximum atomic E-state index is 13.0. The van der Waals surface area contributed by atoms with Crippen LogP contribution in [0.25, 0.3) is 0 Å². The SMILES string of the molecule is Cc1cc2c(c(C(=O)N[C@@H](CC(=O)O)C(=O)O)c1)OCCCc1cc(N=C(N)N)ccc1C(=O)O2. The van der Waals surface area contributed by atoms with Crippen LogP contribution in [0.3, 0.4) is 0 Å². The van der Waals surface area contributed by atoms with Crippen molar-refractivity contribution in [3.8, 4) is 11.5 Å². The van der Waals surface area contributed by atoms with Gasteiger partial charge in [0.1, 0.15) is 6.04 Å². The quantitative estimate of drug-likeness (QED) is 0.171. The van der Waals surface area contributed by atoms with Crippen LogP contribution in [0, 0.1) is 6.92 Å². The average Bonchev–Trinajstić information content (AvgIpc) is 2.76. The number of esters is 1. The average molecular weight is 484 g/mol. The van der Waals surface area contributed by atoms with Gasteiger partial charge in [-0.3, -0.25) is 9.59 Å². The number of ether oxygens (including phenoxy) is 2. The first-order chi connectivity index (χ1) is 16.5. The van der Waals surface area contributed by atoms with E-state index in [1.54, 1.807) is 19.1 Å². The second kappa shape index (κ2) is 10.5. The predicted molar refractivity (Wildman–Crippen MR) is 123 cm³/mol. The number of amides is 1. The summed E-state index contributed by atoms with van der Waals surface area (Å²) in [6.07, 6.45) is 0.0565. The molecular weight excluding hydrogens is 460 g/mol. The van der Waals surface area contributed by atoms with E-state index in [9.17, 15) is 24.3 Å². The van der Waals surface area contributed by atoms with Gasteiger partial charge in [0.05, 0.1) is 29.8 Å². The first kappa shape index (κ1) is 25.0. The van der Waals surface area contributed by atoms with Crippen LogP contribution in [0.15, 0.2) is 35.3 Å². The molecule has 0 fully saturated rings. The first-order valence-corrected chi connectivity index (χ1v) is 10.5. The molecule has 0 spiro atoms. The molecule has 3 rings (SSSR count). The van der Waals surface area contributed by atoms with Crippen molar-refractivity contribution in [1.82, 2.24) is 5.32 Å². The number of carbonyl (C=O) groups is 4. The zero-order valence-corrected chi connectivity index (χ0v) is 18.7. The molecule has 1 heterocycles. The molecular formula is C23H24N4O8. The van der Waals surface area contributed by atoms with Crippen molar-refractivity contribution in [3.63, 3.8) is 0 Å². The highest BCUT2D eigenvalue weighted by Crippen LogP contribution is 2.35. The molecule has 184 valence electrons. The van der Waals surface area contributed by atoms with Crippen LogP contribution in [0.5, 0.6) is 11.5 Å². The van der Waals surface area contributed by atoms with E-state index in [-0.39, 0.29) is 35.2 Å². The molecule has 2 aromatic rings. The number of carboxylic acids is 2. The van der Waals surface area contributed by atoms with E-state index in [4.69, 9.17) is 26.0 Å². The van der Waals surface area contributed by atoms with Crippen molar-refractivity contribution >= 4 is 35.5 Å². The highest BCUT2D eigenvalue weighted by molar-refractivity contribution is 6.01. The van der Waals surface area contributed by atoms with Crippen LogP contribution < -0.4 is 26.3 Å². The first-order valence-electron chi connectivity index (χ1n) is 10.5. The number of rotatable bonds is 6. The number of nitrogens with zero attached hydrogens (tertiary/aromatic N) is 1. The lowest BCUT2D eigenvalue weighted by Crippen LogP contribution is -2.42. The monoisotopic (exact) mass is 484 g/mol. The largest absolute Gasteiger partial charge is 0.489 e. The van der Waals surface area contributed by atoms with E-state index in [1.165, 1.54) is 18.2 Å².